The van der Waals surface area contributed by atoms with Gasteiger partial charge in [0.2, 0.25) is 0 Å². The van der Waals surface area contributed by atoms with E-state index in [0.717, 1.165) is 17.7 Å². The van der Waals surface area contributed by atoms with E-state index in [0.29, 0.717) is 32.0 Å². The van der Waals surface area contributed by atoms with Crippen molar-refractivity contribution in [3.05, 3.63) is 29.3 Å². The number of aryl methyl sites for hydroxylation is 1. The molecule has 2 N–H and O–H groups in total. The number of ether oxygens (including phenoxy) is 1. The average molecular weight is 374 g/mol. The van der Waals surface area contributed by atoms with Crippen LogP contribution in [0.5, 0.6) is 5.75 Å². The lowest BCUT2D eigenvalue weighted by atomic mass is 10.1. The van der Waals surface area contributed by atoms with Gasteiger partial charge in [-0.05, 0) is 45.0 Å². The van der Waals surface area contributed by atoms with Crippen molar-refractivity contribution in [1.82, 2.24) is 15.5 Å². The highest BCUT2D eigenvalue weighted by Gasteiger charge is 2.28. The second kappa shape index (κ2) is 10.9. The number of guanidine groups is 1. The highest BCUT2D eigenvalue weighted by molar-refractivity contribution is 5.79. The minimum atomic E-state index is -4.16. The van der Waals surface area contributed by atoms with Crippen molar-refractivity contribution in [2.45, 2.75) is 25.9 Å². The zero-order valence-corrected chi connectivity index (χ0v) is 15.9. The Morgan fingerprint density at radius 2 is 1.92 bits per heavy atom. The van der Waals surface area contributed by atoms with E-state index < -0.39 is 12.7 Å². The molecular weight excluding hydrogens is 345 g/mol. The first-order valence-electron chi connectivity index (χ1n) is 8.58. The molecular formula is C18H29F3N4O. The third kappa shape index (κ3) is 8.94. The van der Waals surface area contributed by atoms with Crippen LogP contribution >= 0.6 is 0 Å². The third-order valence-electron chi connectivity index (χ3n) is 3.80. The van der Waals surface area contributed by atoms with Gasteiger partial charge in [-0.3, -0.25) is 9.89 Å². The van der Waals surface area contributed by atoms with Gasteiger partial charge in [0.15, 0.2) is 5.96 Å². The van der Waals surface area contributed by atoms with E-state index in [1.54, 1.807) is 14.2 Å². The van der Waals surface area contributed by atoms with Gasteiger partial charge in [0.05, 0.1) is 13.7 Å². The maximum atomic E-state index is 12.3. The summed E-state index contributed by atoms with van der Waals surface area (Å²) >= 11 is 0. The number of benzene rings is 1. The Kier molecular flexibility index (Phi) is 9.26. The Morgan fingerprint density at radius 3 is 2.54 bits per heavy atom. The summed E-state index contributed by atoms with van der Waals surface area (Å²) in [6.07, 6.45) is -2.78. The fourth-order valence-corrected chi connectivity index (χ4v) is 2.58. The first-order chi connectivity index (χ1) is 12.2. The molecule has 0 amide bonds. The maximum Gasteiger partial charge on any atom is 0.401 e. The van der Waals surface area contributed by atoms with Crippen LogP contribution in [0.1, 0.15) is 17.5 Å². The van der Waals surface area contributed by atoms with Crippen molar-refractivity contribution in [3.63, 3.8) is 0 Å². The van der Waals surface area contributed by atoms with E-state index in [4.69, 9.17) is 4.74 Å². The van der Waals surface area contributed by atoms with Gasteiger partial charge in [-0.25, -0.2) is 0 Å². The van der Waals surface area contributed by atoms with E-state index in [1.807, 2.05) is 19.1 Å². The minimum absolute atomic E-state index is 0.365. The summed E-state index contributed by atoms with van der Waals surface area (Å²) < 4.78 is 42.1. The van der Waals surface area contributed by atoms with Crippen LogP contribution in [0.4, 0.5) is 13.2 Å². The summed E-state index contributed by atoms with van der Waals surface area (Å²) in [5.74, 6) is 1.49. The number of alkyl halides is 3. The Balaban J connectivity index is 2.30. The monoisotopic (exact) mass is 374 g/mol. The average Bonchev–Trinajstić information content (AvgIpc) is 2.55. The summed E-state index contributed by atoms with van der Waals surface area (Å²) in [4.78, 5) is 5.39. The van der Waals surface area contributed by atoms with E-state index in [2.05, 4.69) is 21.7 Å². The lowest BCUT2D eigenvalue weighted by Gasteiger charge is -2.19. The summed E-state index contributed by atoms with van der Waals surface area (Å²) in [6.45, 7) is 2.73. The number of hydrogen-bond acceptors (Lipinski definition) is 3. The Labute approximate surface area is 153 Å². The quantitative estimate of drug-likeness (QED) is 0.396. The van der Waals surface area contributed by atoms with Crippen LogP contribution in [0.2, 0.25) is 0 Å². The molecule has 0 bridgehead atoms. The molecule has 0 spiro atoms. The van der Waals surface area contributed by atoms with Crippen LogP contribution in [0, 0.1) is 6.92 Å². The fourth-order valence-electron chi connectivity index (χ4n) is 2.58. The van der Waals surface area contributed by atoms with Gasteiger partial charge in [0, 0.05) is 20.1 Å². The van der Waals surface area contributed by atoms with Crippen LogP contribution in [-0.2, 0) is 6.42 Å². The first kappa shape index (κ1) is 22.1. The smallest absolute Gasteiger partial charge is 0.401 e. The Morgan fingerprint density at radius 1 is 1.23 bits per heavy atom. The van der Waals surface area contributed by atoms with E-state index in [9.17, 15) is 13.2 Å². The molecule has 0 aliphatic rings. The van der Waals surface area contributed by atoms with Crippen molar-refractivity contribution >= 4 is 5.96 Å². The van der Waals surface area contributed by atoms with Crippen LogP contribution in [0.3, 0.4) is 0 Å². The number of halogens is 3. The molecule has 0 atom stereocenters. The van der Waals surface area contributed by atoms with Crippen molar-refractivity contribution in [2.75, 3.05) is 47.4 Å². The highest BCUT2D eigenvalue weighted by Crippen LogP contribution is 2.19. The molecule has 0 heterocycles. The molecule has 1 aromatic rings. The molecule has 0 saturated heterocycles. The molecule has 1 aromatic carbocycles. The number of methoxy groups -OCH3 is 1. The fraction of sp³-hybridized carbons (Fsp3) is 0.611. The molecule has 148 valence electrons. The van der Waals surface area contributed by atoms with Gasteiger partial charge in [-0.2, -0.15) is 13.2 Å². The topological polar surface area (TPSA) is 48.9 Å². The van der Waals surface area contributed by atoms with Crippen molar-refractivity contribution in [1.29, 1.82) is 0 Å². The van der Waals surface area contributed by atoms with Crippen LogP contribution < -0.4 is 15.4 Å². The lowest BCUT2D eigenvalue weighted by molar-refractivity contribution is -0.143. The largest absolute Gasteiger partial charge is 0.496 e. The van der Waals surface area contributed by atoms with Gasteiger partial charge in [0.25, 0.3) is 0 Å². The molecule has 5 nitrogen and oxygen atoms in total. The number of hydrogen-bond donors (Lipinski definition) is 2. The number of nitrogens with one attached hydrogen (secondary N) is 2. The molecule has 0 radical (unpaired) electrons. The molecule has 0 aromatic heterocycles. The first-order valence-corrected chi connectivity index (χ1v) is 8.58. The second-order valence-electron chi connectivity index (χ2n) is 6.20. The summed E-state index contributed by atoms with van der Waals surface area (Å²) in [5.41, 5.74) is 2.29. The van der Waals surface area contributed by atoms with Gasteiger partial charge in [-0.15, -0.1) is 0 Å². The van der Waals surface area contributed by atoms with Gasteiger partial charge in [-0.1, -0.05) is 17.7 Å². The highest BCUT2D eigenvalue weighted by atomic mass is 19.4. The van der Waals surface area contributed by atoms with Crippen LogP contribution in [-0.4, -0.2) is 64.4 Å². The van der Waals surface area contributed by atoms with Crippen LogP contribution in [0.25, 0.3) is 0 Å². The molecule has 0 aliphatic heterocycles. The molecule has 0 fully saturated rings. The lowest BCUT2D eigenvalue weighted by Crippen LogP contribution is -2.40. The third-order valence-corrected chi connectivity index (χ3v) is 3.80. The zero-order chi connectivity index (χ0) is 19.6. The normalized spacial score (nSPS) is 12.4. The zero-order valence-electron chi connectivity index (χ0n) is 15.9. The van der Waals surface area contributed by atoms with E-state index in [1.165, 1.54) is 17.5 Å². The van der Waals surface area contributed by atoms with Crippen molar-refractivity contribution < 1.29 is 17.9 Å². The van der Waals surface area contributed by atoms with Crippen molar-refractivity contribution in [2.24, 2.45) is 4.99 Å². The maximum absolute atomic E-state index is 12.3. The Hall–Kier alpha value is -1.96. The van der Waals surface area contributed by atoms with E-state index >= 15 is 0 Å². The van der Waals surface area contributed by atoms with E-state index in [-0.39, 0.29) is 0 Å². The number of rotatable bonds is 9. The van der Waals surface area contributed by atoms with Crippen molar-refractivity contribution in [3.8, 4) is 5.75 Å². The van der Waals surface area contributed by atoms with Gasteiger partial charge in [0.1, 0.15) is 5.75 Å². The van der Waals surface area contributed by atoms with Gasteiger partial charge >= 0.3 is 6.18 Å². The molecule has 26 heavy (non-hydrogen) atoms. The molecule has 8 heteroatoms. The number of nitrogens with zero attached hydrogens (tertiary/aromatic N) is 2. The minimum Gasteiger partial charge on any atom is -0.496 e. The standard InChI is InChI=1S/C18H29F3N4O/c1-14-6-7-16(26-4)15(12-14)8-10-24-17(22-2)23-9-5-11-25(3)13-18(19,20)21/h6-7,12H,5,8-11,13H2,1-4H3,(H2,22,23,24). The van der Waals surface area contributed by atoms with Gasteiger partial charge < -0.3 is 15.4 Å². The molecule has 1 rings (SSSR count). The summed E-state index contributed by atoms with van der Waals surface area (Å²) in [5, 5.41) is 6.32. The second-order valence-corrected chi connectivity index (χ2v) is 6.20. The predicted octanol–water partition coefficient (Wildman–Crippen LogP) is 2.60. The SMILES string of the molecule is CN=C(NCCCN(C)CC(F)(F)F)NCCc1cc(C)ccc1OC. The molecule has 0 saturated carbocycles. The summed E-state index contributed by atoms with van der Waals surface area (Å²) in [6, 6.07) is 6.05. The predicted molar refractivity (Wildman–Crippen MR) is 99.0 cm³/mol. The number of aliphatic imine (C=N–C) groups is 1. The summed E-state index contributed by atoms with van der Waals surface area (Å²) in [7, 11) is 4.78. The van der Waals surface area contributed by atoms with Crippen LogP contribution in [0.15, 0.2) is 23.2 Å². The molecule has 0 aliphatic carbocycles. The Bertz CT molecular complexity index is 576. The molecule has 0 unspecified atom stereocenters.